The molecular weight excluding hydrogens is 340 g/mol. The minimum atomic E-state index is -1.33. The first-order valence-electron chi connectivity index (χ1n) is 6.52. The molecule has 24 heavy (non-hydrogen) atoms. The van der Waals surface area contributed by atoms with Gasteiger partial charge in [0.05, 0.1) is 26.8 Å². The van der Waals surface area contributed by atoms with Gasteiger partial charge in [-0.1, -0.05) is 17.7 Å². The summed E-state index contributed by atoms with van der Waals surface area (Å²) in [5.41, 5.74) is -1.24. The molecule has 8 nitrogen and oxygen atoms in total. The SMILES string of the molecule is O=C(O)c1cc(N2C(=O)c3cccc([N+](=O)[O-])c3C2=O)ccc1Cl. The van der Waals surface area contributed by atoms with Crippen LogP contribution in [-0.2, 0) is 0 Å². The minimum Gasteiger partial charge on any atom is -0.478 e. The number of imide groups is 1. The number of nitro groups is 1. The Bertz CT molecular complexity index is 940. The normalized spacial score (nSPS) is 13.1. The molecule has 0 radical (unpaired) electrons. The maximum atomic E-state index is 12.5. The van der Waals surface area contributed by atoms with Gasteiger partial charge in [-0.15, -0.1) is 0 Å². The van der Waals surface area contributed by atoms with Crippen LogP contribution in [0.15, 0.2) is 36.4 Å². The smallest absolute Gasteiger partial charge is 0.337 e. The molecule has 1 aliphatic rings. The van der Waals surface area contributed by atoms with E-state index in [1.807, 2.05) is 0 Å². The van der Waals surface area contributed by atoms with Gasteiger partial charge in [0.15, 0.2) is 0 Å². The highest BCUT2D eigenvalue weighted by Crippen LogP contribution is 2.35. The molecule has 0 atom stereocenters. The largest absolute Gasteiger partial charge is 0.478 e. The van der Waals surface area contributed by atoms with Gasteiger partial charge in [0.1, 0.15) is 5.56 Å². The number of nitrogens with zero attached hydrogens (tertiary/aromatic N) is 2. The van der Waals surface area contributed by atoms with Crippen molar-refractivity contribution in [3.05, 3.63) is 68.2 Å². The molecule has 120 valence electrons. The van der Waals surface area contributed by atoms with Crippen LogP contribution in [0, 0.1) is 10.1 Å². The number of nitro benzene ring substituents is 1. The Morgan fingerprint density at radius 3 is 2.50 bits per heavy atom. The zero-order valence-electron chi connectivity index (χ0n) is 11.7. The van der Waals surface area contributed by atoms with Crippen molar-refractivity contribution in [2.45, 2.75) is 0 Å². The zero-order chi connectivity index (χ0) is 17.6. The Morgan fingerprint density at radius 1 is 1.17 bits per heavy atom. The van der Waals surface area contributed by atoms with Crippen molar-refractivity contribution in [1.82, 2.24) is 0 Å². The Labute approximate surface area is 139 Å². The summed E-state index contributed by atoms with van der Waals surface area (Å²) < 4.78 is 0. The van der Waals surface area contributed by atoms with E-state index in [1.165, 1.54) is 24.3 Å². The van der Waals surface area contributed by atoms with Crippen molar-refractivity contribution in [3.63, 3.8) is 0 Å². The standard InChI is InChI=1S/C15H7ClN2O6/c16-10-5-4-7(6-9(10)15(21)22)17-13(19)8-2-1-3-11(18(23)24)12(8)14(17)20/h1-6H,(H,21,22). The molecule has 0 spiro atoms. The number of carbonyl (C=O) groups is 3. The van der Waals surface area contributed by atoms with E-state index in [0.717, 1.165) is 12.1 Å². The number of hydrogen-bond donors (Lipinski definition) is 1. The second kappa shape index (κ2) is 5.43. The second-order valence-electron chi connectivity index (χ2n) is 4.87. The van der Waals surface area contributed by atoms with Gasteiger partial charge in [0.25, 0.3) is 17.5 Å². The van der Waals surface area contributed by atoms with E-state index < -0.39 is 28.4 Å². The average molecular weight is 347 g/mol. The van der Waals surface area contributed by atoms with Gasteiger partial charge in [-0.2, -0.15) is 0 Å². The number of carboxylic acids is 1. The third-order valence-electron chi connectivity index (χ3n) is 3.53. The first-order chi connectivity index (χ1) is 11.3. The summed E-state index contributed by atoms with van der Waals surface area (Å²) in [6.07, 6.45) is 0. The highest BCUT2D eigenvalue weighted by Gasteiger charge is 2.42. The maximum absolute atomic E-state index is 12.5. The van der Waals surface area contributed by atoms with E-state index in [1.54, 1.807) is 0 Å². The molecule has 1 aliphatic heterocycles. The van der Waals surface area contributed by atoms with Crippen molar-refractivity contribution >= 4 is 40.8 Å². The molecule has 3 rings (SSSR count). The van der Waals surface area contributed by atoms with Crippen LogP contribution in [0.3, 0.4) is 0 Å². The van der Waals surface area contributed by atoms with E-state index in [9.17, 15) is 24.5 Å². The van der Waals surface area contributed by atoms with Crippen molar-refractivity contribution in [2.75, 3.05) is 4.90 Å². The maximum Gasteiger partial charge on any atom is 0.337 e. The number of benzene rings is 2. The van der Waals surface area contributed by atoms with E-state index in [0.29, 0.717) is 4.90 Å². The van der Waals surface area contributed by atoms with Crippen LogP contribution in [-0.4, -0.2) is 27.8 Å². The van der Waals surface area contributed by atoms with E-state index >= 15 is 0 Å². The van der Waals surface area contributed by atoms with Crippen molar-refractivity contribution in [3.8, 4) is 0 Å². The number of carboxylic acid groups (broad SMARTS) is 1. The number of carbonyl (C=O) groups excluding carboxylic acids is 2. The van der Waals surface area contributed by atoms with Gasteiger partial charge in [0, 0.05) is 6.07 Å². The molecule has 2 aromatic carbocycles. The second-order valence-corrected chi connectivity index (χ2v) is 5.28. The van der Waals surface area contributed by atoms with Crippen LogP contribution >= 0.6 is 11.6 Å². The first kappa shape index (κ1) is 15.6. The fraction of sp³-hybridized carbons (Fsp3) is 0. The molecule has 0 saturated heterocycles. The number of amides is 2. The predicted molar refractivity (Wildman–Crippen MR) is 82.6 cm³/mol. The Hall–Kier alpha value is -3.26. The van der Waals surface area contributed by atoms with E-state index in [-0.39, 0.29) is 27.4 Å². The van der Waals surface area contributed by atoms with Gasteiger partial charge < -0.3 is 5.11 Å². The molecule has 0 saturated carbocycles. The van der Waals surface area contributed by atoms with Gasteiger partial charge >= 0.3 is 5.97 Å². The lowest BCUT2D eigenvalue weighted by molar-refractivity contribution is -0.385. The lowest BCUT2D eigenvalue weighted by Gasteiger charge is -2.14. The molecule has 0 aromatic heterocycles. The fourth-order valence-electron chi connectivity index (χ4n) is 2.47. The van der Waals surface area contributed by atoms with Crippen LogP contribution in [0.2, 0.25) is 5.02 Å². The molecule has 0 bridgehead atoms. The molecule has 0 fully saturated rings. The van der Waals surface area contributed by atoms with E-state index in [2.05, 4.69) is 0 Å². The molecule has 0 unspecified atom stereocenters. The van der Waals surface area contributed by atoms with Crippen LogP contribution in [0.25, 0.3) is 0 Å². The summed E-state index contributed by atoms with van der Waals surface area (Å²) >= 11 is 5.77. The number of fused-ring (bicyclic) bond motifs is 1. The summed E-state index contributed by atoms with van der Waals surface area (Å²) in [7, 11) is 0. The van der Waals surface area contributed by atoms with E-state index in [4.69, 9.17) is 16.7 Å². The lowest BCUT2D eigenvalue weighted by Crippen LogP contribution is -2.29. The molecule has 9 heteroatoms. The number of halogens is 1. The average Bonchev–Trinajstić information content (AvgIpc) is 2.79. The van der Waals surface area contributed by atoms with Gasteiger partial charge in [-0.25, -0.2) is 9.69 Å². The molecule has 1 heterocycles. The number of rotatable bonds is 3. The molecular formula is C15H7ClN2O6. The number of aromatic carboxylic acids is 1. The van der Waals surface area contributed by atoms with Crippen molar-refractivity contribution in [1.29, 1.82) is 0 Å². The van der Waals surface area contributed by atoms with Crippen molar-refractivity contribution in [2.24, 2.45) is 0 Å². The predicted octanol–water partition coefficient (Wildman–Crippen LogP) is 2.75. The van der Waals surface area contributed by atoms with Crippen LogP contribution in [0.4, 0.5) is 11.4 Å². The molecule has 2 amide bonds. The minimum absolute atomic E-state index is 0.0303. The highest BCUT2D eigenvalue weighted by atomic mass is 35.5. The third-order valence-corrected chi connectivity index (χ3v) is 3.86. The van der Waals surface area contributed by atoms with Crippen molar-refractivity contribution < 1.29 is 24.4 Å². The molecule has 1 N–H and O–H groups in total. The zero-order valence-corrected chi connectivity index (χ0v) is 12.5. The quantitative estimate of drug-likeness (QED) is 0.518. The molecule has 0 aliphatic carbocycles. The van der Waals surface area contributed by atoms with Gasteiger partial charge in [-0.3, -0.25) is 19.7 Å². The fourth-order valence-corrected chi connectivity index (χ4v) is 2.67. The van der Waals surface area contributed by atoms with Gasteiger partial charge in [0.2, 0.25) is 0 Å². The Kier molecular flexibility index (Phi) is 3.53. The topological polar surface area (TPSA) is 118 Å². The van der Waals surface area contributed by atoms with Gasteiger partial charge in [-0.05, 0) is 24.3 Å². The number of anilines is 1. The Balaban J connectivity index is 2.16. The third kappa shape index (κ3) is 2.20. The summed E-state index contributed by atoms with van der Waals surface area (Å²) in [5.74, 6) is -2.98. The summed E-state index contributed by atoms with van der Waals surface area (Å²) in [5, 5.41) is 20.1. The highest BCUT2D eigenvalue weighted by molar-refractivity contribution is 6.36. The van der Waals surface area contributed by atoms with Crippen LogP contribution < -0.4 is 4.90 Å². The van der Waals surface area contributed by atoms with Crippen LogP contribution in [0.1, 0.15) is 31.1 Å². The summed E-state index contributed by atoms with van der Waals surface area (Å²) in [4.78, 5) is 47.1. The number of hydrogen-bond acceptors (Lipinski definition) is 5. The lowest BCUT2D eigenvalue weighted by atomic mass is 10.1. The summed E-state index contributed by atoms with van der Waals surface area (Å²) in [6.45, 7) is 0. The van der Waals surface area contributed by atoms with Crippen LogP contribution in [0.5, 0.6) is 0 Å². The molecule has 2 aromatic rings. The monoisotopic (exact) mass is 346 g/mol. The summed E-state index contributed by atoms with van der Waals surface area (Å²) in [6, 6.07) is 7.32. The first-order valence-corrected chi connectivity index (χ1v) is 6.89. The Morgan fingerprint density at radius 2 is 1.88 bits per heavy atom.